The fraction of sp³-hybridized carbons (Fsp3) is 0.385. The lowest BCUT2D eigenvalue weighted by molar-refractivity contribution is 0.372. The number of rotatable bonds is 3. The molecular formula is C13H15N3O. The molecule has 1 aromatic carbocycles. The molecule has 88 valence electrons. The molecule has 0 spiro atoms. The first-order valence-electron chi connectivity index (χ1n) is 5.89. The van der Waals surface area contributed by atoms with Crippen LogP contribution in [0.5, 0.6) is 0 Å². The van der Waals surface area contributed by atoms with Crippen molar-refractivity contribution in [2.75, 3.05) is 0 Å². The highest BCUT2D eigenvalue weighted by molar-refractivity contribution is 5.27. The summed E-state index contributed by atoms with van der Waals surface area (Å²) in [5.41, 5.74) is 8.34. The van der Waals surface area contributed by atoms with Gasteiger partial charge in [0.25, 0.3) is 0 Å². The fourth-order valence-electron chi connectivity index (χ4n) is 1.79. The quantitative estimate of drug-likeness (QED) is 0.877. The minimum absolute atomic E-state index is 0.299. The van der Waals surface area contributed by atoms with Gasteiger partial charge < -0.3 is 10.3 Å². The van der Waals surface area contributed by atoms with Gasteiger partial charge in [-0.05, 0) is 25.3 Å². The first-order valence-corrected chi connectivity index (χ1v) is 5.89. The van der Waals surface area contributed by atoms with Gasteiger partial charge in [0.1, 0.15) is 0 Å². The zero-order valence-corrected chi connectivity index (χ0v) is 9.76. The Balaban J connectivity index is 1.84. The van der Waals surface area contributed by atoms with Crippen molar-refractivity contribution in [2.45, 2.75) is 31.7 Å². The lowest BCUT2D eigenvalue weighted by atomic mass is 10.1. The summed E-state index contributed by atoms with van der Waals surface area (Å²) in [7, 11) is 0. The van der Waals surface area contributed by atoms with Gasteiger partial charge in [-0.25, -0.2) is 0 Å². The van der Waals surface area contributed by atoms with Crippen molar-refractivity contribution in [2.24, 2.45) is 5.73 Å². The van der Waals surface area contributed by atoms with Crippen LogP contribution in [0.4, 0.5) is 0 Å². The van der Waals surface area contributed by atoms with Gasteiger partial charge in [-0.3, -0.25) is 0 Å². The molecule has 1 aliphatic rings. The highest BCUT2D eigenvalue weighted by Gasteiger charge is 2.30. The number of nitrogens with two attached hydrogens (primary N) is 1. The SMILES string of the molecule is Cc1ccc(C(N)c2noc(C3CC3)n2)cc1. The van der Waals surface area contributed by atoms with Crippen LogP contribution < -0.4 is 5.73 Å². The van der Waals surface area contributed by atoms with Crippen LogP contribution in [0.3, 0.4) is 0 Å². The molecule has 0 radical (unpaired) electrons. The van der Waals surface area contributed by atoms with E-state index in [2.05, 4.69) is 17.1 Å². The predicted molar refractivity (Wildman–Crippen MR) is 63.5 cm³/mol. The van der Waals surface area contributed by atoms with E-state index in [-0.39, 0.29) is 6.04 Å². The van der Waals surface area contributed by atoms with Crippen molar-refractivity contribution >= 4 is 0 Å². The molecule has 0 aliphatic heterocycles. The van der Waals surface area contributed by atoms with Gasteiger partial charge in [-0.1, -0.05) is 35.0 Å². The monoisotopic (exact) mass is 229 g/mol. The Kier molecular flexibility index (Phi) is 2.44. The third-order valence-corrected chi connectivity index (χ3v) is 3.10. The summed E-state index contributed by atoms with van der Waals surface area (Å²) in [5, 5.41) is 3.97. The van der Waals surface area contributed by atoms with E-state index in [4.69, 9.17) is 10.3 Å². The van der Waals surface area contributed by atoms with Gasteiger partial charge in [-0.15, -0.1) is 0 Å². The van der Waals surface area contributed by atoms with E-state index in [1.807, 2.05) is 24.3 Å². The van der Waals surface area contributed by atoms with Crippen molar-refractivity contribution in [3.63, 3.8) is 0 Å². The fourth-order valence-corrected chi connectivity index (χ4v) is 1.79. The summed E-state index contributed by atoms with van der Waals surface area (Å²) in [6.07, 6.45) is 2.31. The molecule has 4 nitrogen and oxygen atoms in total. The Hall–Kier alpha value is -1.68. The summed E-state index contributed by atoms with van der Waals surface area (Å²) in [5.74, 6) is 1.79. The van der Waals surface area contributed by atoms with Crippen LogP contribution in [-0.2, 0) is 0 Å². The maximum absolute atomic E-state index is 6.12. The second kappa shape index (κ2) is 3.96. The number of nitrogens with zero attached hydrogens (tertiary/aromatic N) is 2. The predicted octanol–water partition coefficient (Wildman–Crippen LogP) is 2.30. The highest BCUT2D eigenvalue weighted by Crippen LogP contribution is 2.39. The molecule has 4 heteroatoms. The summed E-state index contributed by atoms with van der Waals surface area (Å²) in [6, 6.07) is 7.79. The largest absolute Gasteiger partial charge is 0.339 e. The lowest BCUT2D eigenvalue weighted by Gasteiger charge is -2.07. The minimum atomic E-state index is -0.299. The molecule has 3 rings (SSSR count). The molecule has 0 bridgehead atoms. The van der Waals surface area contributed by atoms with Gasteiger partial charge in [0, 0.05) is 5.92 Å². The van der Waals surface area contributed by atoms with E-state index in [0.29, 0.717) is 11.7 Å². The zero-order valence-electron chi connectivity index (χ0n) is 9.76. The second-order valence-electron chi connectivity index (χ2n) is 4.65. The molecular weight excluding hydrogens is 214 g/mol. The van der Waals surface area contributed by atoms with Gasteiger partial charge in [0.2, 0.25) is 5.89 Å². The lowest BCUT2D eigenvalue weighted by Crippen LogP contribution is -2.13. The molecule has 1 atom stereocenters. The van der Waals surface area contributed by atoms with Gasteiger partial charge >= 0.3 is 0 Å². The zero-order chi connectivity index (χ0) is 11.8. The molecule has 17 heavy (non-hydrogen) atoms. The van der Waals surface area contributed by atoms with Crippen LogP contribution in [0.1, 0.15) is 47.6 Å². The Morgan fingerprint density at radius 3 is 2.65 bits per heavy atom. The average Bonchev–Trinajstić information content (AvgIpc) is 3.07. The van der Waals surface area contributed by atoms with Gasteiger partial charge in [-0.2, -0.15) is 4.98 Å². The number of aryl methyl sites for hydroxylation is 1. The molecule has 1 heterocycles. The molecule has 0 saturated heterocycles. The van der Waals surface area contributed by atoms with Crippen LogP contribution in [0.25, 0.3) is 0 Å². The Bertz CT molecular complexity index is 514. The molecule has 1 aliphatic carbocycles. The average molecular weight is 229 g/mol. The van der Waals surface area contributed by atoms with Crippen molar-refractivity contribution in [1.29, 1.82) is 0 Å². The second-order valence-corrected chi connectivity index (χ2v) is 4.65. The van der Waals surface area contributed by atoms with Gasteiger partial charge in [0.05, 0.1) is 6.04 Å². The molecule has 2 aromatic rings. The Labute approximate surface area is 99.8 Å². The van der Waals surface area contributed by atoms with Crippen molar-refractivity contribution < 1.29 is 4.52 Å². The molecule has 0 amide bonds. The Morgan fingerprint density at radius 2 is 2.00 bits per heavy atom. The van der Waals surface area contributed by atoms with E-state index in [1.165, 1.54) is 5.56 Å². The molecule has 1 fully saturated rings. The summed E-state index contributed by atoms with van der Waals surface area (Å²) < 4.78 is 5.21. The molecule has 1 saturated carbocycles. The minimum Gasteiger partial charge on any atom is -0.339 e. The number of hydrogen-bond donors (Lipinski definition) is 1. The topological polar surface area (TPSA) is 64.9 Å². The van der Waals surface area contributed by atoms with E-state index >= 15 is 0 Å². The van der Waals surface area contributed by atoms with Gasteiger partial charge in [0.15, 0.2) is 5.82 Å². The first-order chi connectivity index (χ1) is 8.24. The number of aromatic nitrogens is 2. The van der Waals surface area contributed by atoms with Crippen molar-refractivity contribution in [3.8, 4) is 0 Å². The first kappa shape index (κ1) is 10.5. The van der Waals surface area contributed by atoms with Crippen LogP contribution in [-0.4, -0.2) is 10.1 Å². The number of benzene rings is 1. The molecule has 1 aromatic heterocycles. The van der Waals surface area contributed by atoms with Crippen LogP contribution >= 0.6 is 0 Å². The normalized spacial score (nSPS) is 17.1. The standard InChI is InChI=1S/C13H15N3O/c1-8-2-4-9(5-3-8)11(14)12-15-13(17-16-12)10-6-7-10/h2-5,10-11H,6-7,14H2,1H3. The highest BCUT2D eigenvalue weighted by atomic mass is 16.5. The van der Waals surface area contributed by atoms with E-state index in [9.17, 15) is 0 Å². The summed E-state index contributed by atoms with van der Waals surface area (Å²) in [6.45, 7) is 2.05. The smallest absolute Gasteiger partial charge is 0.229 e. The van der Waals surface area contributed by atoms with Crippen LogP contribution in [0, 0.1) is 6.92 Å². The van der Waals surface area contributed by atoms with Crippen LogP contribution in [0.15, 0.2) is 28.8 Å². The summed E-state index contributed by atoms with van der Waals surface area (Å²) in [4.78, 5) is 4.37. The van der Waals surface area contributed by atoms with E-state index in [1.54, 1.807) is 0 Å². The van der Waals surface area contributed by atoms with Crippen molar-refractivity contribution in [3.05, 3.63) is 47.1 Å². The Morgan fingerprint density at radius 1 is 1.29 bits per heavy atom. The maximum atomic E-state index is 6.12. The number of hydrogen-bond acceptors (Lipinski definition) is 4. The van der Waals surface area contributed by atoms with E-state index in [0.717, 1.165) is 24.3 Å². The molecule has 2 N–H and O–H groups in total. The van der Waals surface area contributed by atoms with E-state index < -0.39 is 0 Å². The third-order valence-electron chi connectivity index (χ3n) is 3.10. The molecule has 1 unspecified atom stereocenters. The van der Waals surface area contributed by atoms with Crippen LogP contribution in [0.2, 0.25) is 0 Å². The third kappa shape index (κ3) is 2.08. The maximum Gasteiger partial charge on any atom is 0.229 e. The van der Waals surface area contributed by atoms with Crippen molar-refractivity contribution in [1.82, 2.24) is 10.1 Å². The summed E-state index contributed by atoms with van der Waals surface area (Å²) >= 11 is 0.